The van der Waals surface area contributed by atoms with Crippen molar-refractivity contribution in [2.45, 2.75) is 30.7 Å². The van der Waals surface area contributed by atoms with Gasteiger partial charge in [-0.05, 0) is 49.2 Å². The van der Waals surface area contributed by atoms with E-state index in [-0.39, 0.29) is 29.4 Å². The fourth-order valence-corrected chi connectivity index (χ4v) is 5.27. The Labute approximate surface area is 189 Å². The molecule has 1 aromatic heterocycles. The summed E-state index contributed by atoms with van der Waals surface area (Å²) in [6.45, 7) is 1.01. The molecule has 11 heteroatoms. The Bertz CT molecular complexity index is 1350. The maximum Gasteiger partial charge on any atom is 0.419 e. The summed E-state index contributed by atoms with van der Waals surface area (Å²) >= 11 is 0. The number of hydrogen-bond donors (Lipinski definition) is 1. The number of oxazole rings is 1. The van der Waals surface area contributed by atoms with Crippen LogP contribution < -0.4 is 11.1 Å². The van der Waals surface area contributed by atoms with Crippen molar-refractivity contribution in [3.05, 3.63) is 58.6 Å². The van der Waals surface area contributed by atoms with Crippen molar-refractivity contribution in [2.75, 3.05) is 25.5 Å². The summed E-state index contributed by atoms with van der Waals surface area (Å²) in [7, 11) is -2.35. The monoisotopic (exact) mass is 473 g/mol. The zero-order valence-corrected chi connectivity index (χ0v) is 18.8. The van der Waals surface area contributed by atoms with Gasteiger partial charge in [0, 0.05) is 37.8 Å². The Hall–Kier alpha value is -3.44. The summed E-state index contributed by atoms with van der Waals surface area (Å²) < 4.78 is 38.1. The van der Waals surface area contributed by atoms with Crippen molar-refractivity contribution in [2.24, 2.45) is 0 Å². The first-order chi connectivity index (χ1) is 15.8. The molecule has 3 aromatic rings. The molecule has 1 aliphatic rings. The van der Waals surface area contributed by atoms with Gasteiger partial charge in [0.25, 0.3) is 0 Å². The Balaban J connectivity index is 1.45. The molecule has 0 spiro atoms. The van der Waals surface area contributed by atoms with Crippen molar-refractivity contribution < 1.29 is 27.2 Å². The quantitative estimate of drug-likeness (QED) is 0.521. The van der Waals surface area contributed by atoms with Crippen LogP contribution in [0.3, 0.4) is 0 Å². The van der Waals surface area contributed by atoms with Crippen LogP contribution in [0.1, 0.15) is 29.6 Å². The zero-order valence-electron chi connectivity index (χ0n) is 17.9. The molecule has 1 aliphatic heterocycles. The van der Waals surface area contributed by atoms with E-state index in [0.29, 0.717) is 29.9 Å². The zero-order chi connectivity index (χ0) is 23.6. The van der Waals surface area contributed by atoms with Crippen LogP contribution in [0.2, 0.25) is 0 Å². The molecular formula is C22H23N3O7S. The van der Waals surface area contributed by atoms with Gasteiger partial charge in [-0.2, -0.15) is 4.31 Å². The fraction of sp³-hybridized carbons (Fsp3) is 0.318. The predicted molar refractivity (Wildman–Crippen MR) is 119 cm³/mol. The lowest BCUT2D eigenvalue weighted by Gasteiger charge is -2.15. The number of anilines is 1. The van der Waals surface area contributed by atoms with Gasteiger partial charge in [0.15, 0.2) is 5.58 Å². The first-order valence-electron chi connectivity index (χ1n) is 10.4. The summed E-state index contributed by atoms with van der Waals surface area (Å²) in [5.41, 5.74) is 1.42. The molecule has 0 aliphatic carbocycles. The average Bonchev–Trinajstić information content (AvgIpc) is 3.45. The number of rotatable bonds is 7. The molecule has 1 fully saturated rings. The fourth-order valence-electron chi connectivity index (χ4n) is 3.74. The number of ether oxygens (including phenoxy) is 1. The van der Waals surface area contributed by atoms with Crippen LogP contribution in [-0.2, 0) is 26.1 Å². The maximum atomic E-state index is 12.8. The molecule has 0 bridgehead atoms. The van der Waals surface area contributed by atoms with E-state index in [1.165, 1.54) is 46.3 Å². The summed E-state index contributed by atoms with van der Waals surface area (Å²) in [4.78, 5) is 36.2. The molecule has 174 valence electrons. The van der Waals surface area contributed by atoms with Gasteiger partial charge in [-0.25, -0.2) is 18.0 Å². The van der Waals surface area contributed by atoms with Crippen LogP contribution in [0.5, 0.6) is 0 Å². The maximum absolute atomic E-state index is 12.8. The van der Waals surface area contributed by atoms with Gasteiger partial charge in [0.1, 0.15) is 0 Å². The lowest BCUT2D eigenvalue weighted by atomic mass is 10.2. The highest BCUT2D eigenvalue weighted by Gasteiger charge is 2.28. The first kappa shape index (κ1) is 22.7. The van der Waals surface area contributed by atoms with Crippen LogP contribution in [0.25, 0.3) is 11.1 Å². The van der Waals surface area contributed by atoms with Crippen LogP contribution in [0.15, 0.2) is 56.6 Å². The number of fused-ring (bicyclic) bond motifs is 1. The number of aryl methyl sites for hydroxylation is 1. The Morgan fingerprint density at radius 3 is 2.45 bits per heavy atom. The number of carbonyl (C=O) groups is 2. The van der Waals surface area contributed by atoms with Crippen LogP contribution in [0, 0.1) is 0 Å². The summed E-state index contributed by atoms with van der Waals surface area (Å²) in [5, 5.41) is 2.69. The topological polar surface area (TPSA) is 128 Å². The minimum Gasteiger partial charge on any atom is -0.465 e. The highest BCUT2D eigenvalue weighted by molar-refractivity contribution is 7.89. The Morgan fingerprint density at radius 1 is 1.09 bits per heavy atom. The second kappa shape index (κ2) is 9.20. The van der Waals surface area contributed by atoms with Gasteiger partial charge in [0.05, 0.1) is 23.1 Å². The van der Waals surface area contributed by atoms with E-state index < -0.39 is 21.7 Å². The lowest BCUT2D eigenvalue weighted by molar-refractivity contribution is -0.116. The average molecular weight is 474 g/mol. The highest BCUT2D eigenvalue weighted by atomic mass is 32.2. The molecule has 1 amide bonds. The highest BCUT2D eigenvalue weighted by Crippen LogP contribution is 2.24. The molecule has 4 rings (SSSR count). The van der Waals surface area contributed by atoms with Gasteiger partial charge < -0.3 is 14.5 Å². The van der Waals surface area contributed by atoms with E-state index in [9.17, 15) is 22.8 Å². The molecule has 0 unspecified atom stereocenters. The predicted octanol–water partition coefficient (Wildman–Crippen LogP) is 2.19. The standard InChI is InChI=1S/C22H23N3O7S/c1-31-21(27)15-4-6-16(7-5-15)23-20(26)10-13-25-18-9-8-17(14-19(18)32-22(25)28)33(29,30)24-11-2-3-12-24/h4-9,14H,2-3,10-13H2,1H3,(H,23,26). The first-order valence-corrected chi connectivity index (χ1v) is 11.9. The SMILES string of the molecule is COC(=O)c1ccc(NC(=O)CCn2c(=O)oc3cc(S(=O)(=O)N4CCCC4)ccc32)cc1. The van der Waals surface area contributed by atoms with Crippen LogP contribution in [0.4, 0.5) is 5.69 Å². The van der Waals surface area contributed by atoms with Crippen molar-refractivity contribution in [3.8, 4) is 0 Å². The smallest absolute Gasteiger partial charge is 0.419 e. The van der Waals surface area contributed by atoms with Crippen LogP contribution in [-0.4, -0.2) is 49.4 Å². The number of benzene rings is 2. The lowest BCUT2D eigenvalue weighted by Crippen LogP contribution is -2.27. The molecule has 0 saturated carbocycles. The number of hydrogen-bond acceptors (Lipinski definition) is 7. The van der Waals surface area contributed by atoms with Crippen molar-refractivity contribution in [1.29, 1.82) is 0 Å². The second-order valence-corrected chi connectivity index (χ2v) is 9.57. The summed E-state index contributed by atoms with van der Waals surface area (Å²) in [5.74, 6) is -1.48. The summed E-state index contributed by atoms with van der Waals surface area (Å²) in [6, 6.07) is 10.5. The number of esters is 1. The van der Waals surface area contributed by atoms with E-state index in [4.69, 9.17) is 4.42 Å². The van der Waals surface area contributed by atoms with Crippen molar-refractivity contribution in [3.63, 3.8) is 0 Å². The number of sulfonamides is 1. The third kappa shape index (κ3) is 4.69. The Morgan fingerprint density at radius 2 is 1.79 bits per heavy atom. The van der Waals surface area contributed by atoms with Crippen molar-refractivity contribution in [1.82, 2.24) is 8.87 Å². The Kier molecular flexibility index (Phi) is 6.34. The van der Waals surface area contributed by atoms with Gasteiger partial charge in [-0.15, -0.1) is 0 Å². The number of methoxy groups -OCH3 is 1. The third-order valence-electron chi connectivity index (χ3n) is 5.49. The molecule has 2 heterocycles. The summed E-state index contributed by atoms with van der Waals surface area (Å²) in [6.07, 6.45) is 1.63. The normalized spacial score (nSPS) is 14.5. The van der Waals surface area contributed by atoms with E-state index in [1.807, 2.05) is 0 Å². The minimum absolute atomic E-state index is 0.0128. The number of carbonyl (C=O) groups excluding carboxylic acids is 2. The van der Waals surface area contributed by atoms with E-state index in [0.717, 1.165) is 12.8 Å². The number of amides is 1. The molecule has 1 N–H and O–H groups in total. The van der Waals surface area contributed by atoms with E-state index in [2.05, 4.69) is 10.1 Å². The number of nitrogens with one attached hydrogen (secondary N) is 1. The van der Waals surface area contributed by atoms with Gasteiger partial charge in [-0.1, -0.05) is 0 Å². The van der Waals surface area contributed by atoms with Crippen molar-refractivity contribution >= 4 is 38.7 Å². The molecular weight excluding hydrogens is 450 g/mol. The minimum atomic E-state index is -3.64. The van der Waals surface area contributed by atoms with E-state index >= 15 is 0 Å². The van der Waals surface area contributed by atoms with Crippen LogP contribution >= 0.6 is 0 Å². The van der Waals surface area contributed by atoms with Gasteiger partial charge in [0.2, 0.25) is 15.9 Å². The molecule has 0 radical (unpaired) electrons. The number of nitrogens with zero attached hydrogens (tertiary/aromatic N) is 2. The molecule has 0 atom stereocenters. The van der Waals surface area contributed by atoms with Gasteiger partial charge in [-0.3, -0.25) is 9.36 Å². The molecule has 2 aromatic carbocycles. The molecule has 33 heavy (non-hydrogen) atoms. The largest absolute Gasteiger partial charge is 0.465 e. The second-order valence-electron chi connectivity index (χ2n) is 7.63. The van der Waals surface area contributed by atoms with Gasteiger partial charge >= 0.3 is 11.7 Å². The third-order valence-corrected chi connectivity index (χ3v) is 7.39. The van der Waals surface area contributed by atoms with E-state index in [1.54, 1.807) is 12.1 Å². The molecule has 10 nitrogen and oxygen atoms in total. The molecule has 1 saturated heterocycles. The number of aromatic nitrogens is 1.